The van der Waals surface area contributed by atoms with Crippen LogP contribution in [0.4, 0.5) is 0 Å². The number of sulfonamides is 1. The van der Waals surface area contributed by atoms with Crippen molar-refractivity contribution in [3.05, 3.63) is 29.8 Å². The number of Topliss-reactive ketones (excluding diaryl/α,β-unsaturated/α-hetero) is 1. The lowest BCUT2D eigenvalue weighted by molar-refractivity contribution is -0.120. The Hall–Kier alpha value is -1.71. The van der Waals surface area contributed by atoms with Gasteiger partial charge in [-0.05, 0) is 24.6 Å². The lowest BCUT2D eigenvalue weighted by atomic mass is 10.1. The van der Waals surface area contributed by atoms with E-state index in [4.69, 9.17) is 5.26 Å². The van der Waals surface area contributed by atoms with Gasteiger partial charge in [-0.1, -0.05) is 6.07 Å². The molecule has 1 aromatic rings. The van der Waals surface area contributed by atoms with Crippen LogP contribution in [0, 0.1) is 11.3 Å². The van der Waals surface area contributed by atoms with E-state index in [1.807, 2.05) is 6.07 Å². The van der Waals surface area contributed by atoms with E-state index < -0.39 is 10.0 Å². The van der Waals surface area contributed by atoms with E-state index in [1.165, 1.54) is 22.5 Å². The lowest BCUT2D eigenvalue weighted by Crippen LogP contribution is -2.40. The largest absolute Gasteiger partial charge is 0.298 e. The van der Waals surface area contributed by atoms with Gasteiger partial charge in [0.1, 0.15) is 5.78 Å². The number of piperidine rings is 1. The van der Waals surface area contributed by atoms with E-state index in [2.05, 4.69) is 0 Å². The molecule has 1 heterocycles. The highest BCUT2D eigenvalue weighted by Gasteiger charge is 2.29. The third-order valence-corrected chi connectivity index (χ3v) is 4.66. The Morgan fingerprint density at radius 3 is 2.78 bits per heavy atom. The van der Waals surface area contributed by atoms with Gasteiger partial charge in [-0.2, -0.15) is 9.57 Å². The molecule has 0 aliphatic carbocycles. The number of hydrogen-bond acceptors (Lipinski definition) is 4. The molecule has 0 N–H and O–H groups in total. The van der Waals surface area contributed by atoms with Crippen LogP contribution in [0.15, 0.2) is 29.2 Å². The minimum atomic E-state index is -3.67. The van der Waals surface area contributed by atoms with Gasteiger partial charge in [0.2, 0.25) is 10.0 Å². The van der Waals surface area contributed by atoms with Crippen LogP contribution in [0.2, 0.25) is 0 Å². The van der Waals surface area contributed by atoms with Crippen LogP contribution in [0.25, 0.3) is 0 Å². The van der Waals surface area contributed by atoms with Crippen LogP contribution in [0.5, 0.6) is 0 Å². The second-order valence-corrected chi connectivity index (χ2v) is 6.06. The summed E-state index contributed by atoms with van der Waals surface area (Å²) in [7, 11) is -3.67. The number of ketones is 1. The Morgan fingerprint density at radius 1 is 1.33 bits per heavy atom. The van der Waals surface area contributed by atoms with Crippen molar-refractivity contribution in [2.45, 2.75) is 17.7 Å². The molecule has 0 bridgehead atoms. The highest BCUT2D eigenvalue weighted by Crippen LogP contribution is 2.19. The van der Waals surface area contributed by atoms with Crippen LogP contribution in [-0.2, 0) is 14.8 Å². The van der Waals surface area contributed by atoms with Gasteiger partial charge in [-0.15, -0.1) is 0 Å². The Labute approximate surface area is 106 Å². The molecule has 1 aliphatic heterocycles. The molecule has 1 aromatic carbocycles. The molecule has 94 valence electrons. The zero-order valence-electron chi connectivity index (χ0n) is 9.67. The molecule has 2 rings (SSSR count). The minimum Gasteiger partial charge on any atom is -0.298 e. The second-order valence-electron chi connectivity index (χ2n) is 4.12. The summed E-state index contributed by atoms with van der Waals surface area (Å²) in [4.78, 5) is 11.4. The molecular formula is C12H12N2O3S. The number of nitriles is 1. The summed E-state index contributed by atoms with van der Waals surface area (Å²) in [5, 5.41) is 8.77. The summed E-state index contributed by atoms with van der Waals surface area (Å²) in [5.74, 6) is -0.0683. The standard InChI is InChI=1S/C12H12N2O3S/c13-8-10-3-1-5-12(7-10)18(16,17)14-6-2-4-11(15)9-14/h1,3,5,7H,2,4,6,9H2. The average Bonchev–Trinajstić information content (AvgIpc) is 2.39. The maximum absolute atomic E-state index is 12.3. The molecule has 1 fully saturated rings. The predicted molar refractivity (Wildman–Crippen MR) is 64.2 cm³/mol. The number of rotatable bonds is 2. The third kappa shape index (κ3) is 2.42. The van der Waals surface area contributed by atoms with E-state index in [0.29, 0.717) is 24.9 Å². The van der Waals surface area contributed by atoms with Crippen LogP contribution in [0.1, 0.15) is 18.4 Å². The van der Waals surface area contributed by atoms with Crippen LogP contribution >= 0.6 is 0 Å². The quantitative estimate of drug-likeness (QED) is 0.795. The molecule has 0 unspecified atom stereocenters. The van der Waals surface area contributed by atoms with Crippen LogP contribution in [0.3, 0.4) is 0 Å². The first-order chi connectivity index (χ1) is 8.54. The topological polar surface area (TPSA) is 78.2 Å². The Morgan fingerprint density at radius 2 is 2.11 bits per heavy atom. The van der Waals surface area contributed by atoms with Crippen molar-refractivity contribution >= 4 is 15.8 Å². The molecular weight excluding hydrogens is 252 g/mol. The summed E-state index contributed by atoms with van der Waals surface area (Å²) in [5.41, 5.74) is 0.291. The highest BCUT2D eigenvalue weighted by atomic mass is 32.2. The van der Waals surface area contributed by atoms with Gasteiger partial charge < -0.3 is 0 Å². The molecule has 0 radical (unpaired) electrons. The van der Waals surface area contributed by atoms with E-state index in [0.717, 1.165) is 0 Å². The zero-order chi connectivity index (χ0) is 13.2. The van der Waals surface area contributed by atoms with Gasteiger partial charge in [0.25, 0.3) is 0 Å². The third-order valence-electron chi connectivity index (χ3n) is 2.82. The Balaban J connectivity index is 2.35. The van der Waals surface area contributed by atoms with Crippen LogP contribution in [-0.4, -0.2) is 31.6 Å². The fourth-order valence-electron chi connectivity index (χ4n) is 1.89. The number of nitrogens with zero attached hydrogens (tertiary/aromatic N) is 2. The molecule has 18 heavy (non-hydrogen) atoms. The van der Waals surface area contributed by atoms with Gasteiger partial charge >= 0.3 is 0 Å². The van der Waals surface area contributed by atoms with E-state index in [1.54, 1.807) is 6.07 Å². The van der Waals surface area contributed by atoms with Gasteiger partial charge in [-0.25, -0.2) is 8.42 Å². The van der Waals surface area contributed by atoms with Gasteiger partial charge in [-0.3, -0.25) is 4.79 Å². The first kappa shape index (κ1) is 12.7. The molecule has 0 atom stereocenters. The first-order valence-corrected chi connectivity index (χ1v) is 7.00. The molecule has 6 heteroatoms. The van der Waals surface area contributed by atoms with E-state index >= 15 is 0 Å². The molecule has 0 spiro atoms. The van der Waals surface area contributed by atoms with E-state index in [9.17, 15) is 13.2 Å². The molecule has 0 saturated carbocycles. The summed E-state index contributed by atoms with van der Waals surface area (Å²) in [6, 6.07) is 7.74. The summed E-state index contributed by atoms with van der Waals surface area (Å²) in [6.07, 6.45) is 0.986. The maximum Gasteiger partial charge on any atom is 0.243 e. The lowest BCUT2D eigenvalue weighted by Gasteiger charge is -2.25. The fraction of sp³-hybridized carbons (Fsp3) is 0.333. The van der Waals surface area contributed by atoms with Crippen molar-refractivity contribution in [1.29, 1.82) is 5.26 Å². The second kappa shape index (κ2) is 4.88. The predicted octanol–water partition coefficient (Wildman–Crippen LogP) is 0.912. The van der Waals surface area contributed by atoms with Crippen LogP contribution < -0.4 is 0 Å². The summed E-state index contributed by atoms with van der Waals surface area (Å²) in [6.45, 7) is 0.282. The normalized spacial score (nSPS) is 17.4. The molecule has 1 aliphatic rings. The molecule has 0 aromatic heterocycles. The molecule has 5 nitrogen and oxygen atoms in total. The van der Waals surface area contributed by atoms with Crippen molar-refractivity contribution in [1.82, 2.24) is 4.31 Å². The molecule has 0 amide bonds. The highest BCUT2D eigenvalue weighted by molar-refractivity contribution is 7.89. The maximum atomic E-state index is 12.3. The van der Waals surface area contributed by atoms with Crippen molar-refractivity contribution in [3.63, 3.8) is 0 Å². The zero-order valence-corrected chi connectivity index (χ0v) is 10.5. The number of carbonyl (C=O) groups is 1. The van der Waals surface area contributed by atoms with Gasteiger partial charge in [0.05, 0.1) is 23.1 Å². The number of carbonyl (C=O) groups excluding carboxylic acids is 1. The van der Waals surface area contributed by atoms with Gasteiger partial charge in [0.15, 0.2) is 0 Å². The van der Waals surface area contributed by atoms with E-state index in [-0.39, 0.29) is 17.2 Å². The van der Waals surface area contributed by atoms with Crippen molar-refractivity contribution in [2.75, 3.05) is 13.1 Å². The summed E-state index contributed by atoms with van der Waals surface area (Å²) >= 11 is 0. The SMILES string of the molecule is N#Cc1cccc(S(=O)(=O)N2CCCC(=O)C2)c1. The number of hydrogen-bond donors (Lipinski definition) is 0. The van der Waals surface area contributed by atoms with Crippen molar-refractivity contribution < 1.29 is 13.2 Å². The minimum absolute atomic E-state index is 0.0660. The summed E-state index contributed by atoms with van der Waals surface area (Å²) < 4.78 is 25.7. The number of benzene rings is 1. The smallest absolute Gasteiger partial charge is 0.243 e. The Kier molecular flexibility index (Phi) is 3.45. The van der Waals surface area contributed by atoms with Crippen molar-refractivity contribution in [2.24, 2.45) is 0 Å². The average molecular weight is 264 g/mol. The van der Waals surface area contributed by atoms with Crippen molar-refractivity contribution in [3.8, 4) is 6.07 Å². The first-order valence-electron chi connectivity index (χ1n) is 5.56. The fourth-order valence-corrected chi connectivity index (χ4v) is 3.40. The monoisotopic (exact) mass is 264 g/mol. The Bertz CT molecular complexity index is 616. The van der Waals surface area contributed by atoms with Gasteiger partial charge in [0, 0.05) is 13.0 Å². The molecule has 1 saturated heterocycles.